The summed E-state index contributed by atoms with van der Waals surface area (Å²) in [4.78, 5) is 7.07. The summed E-state index contributed by atoms with van der Waals surface area (Å²) in [5, 5.41) is 2.01. The summed E-state index contributed by atoms with van der Waals surface area (Å²) < 4.78 is 0. The van der Waals surface area contributed by atoms with E-state index < -0.39 is 0 Å². The number of hydrogen-bond donors (Lipinski definition) is 0. The molecule has 0 aliphatic carbocycles. The van der Waals surface area contributed by atoms with Crippen LogP contribution in [0.4, 0.5) is 0 Å². The van der Waals surface area contributed by atoms with Gasteiger partial charge in [0, 0.05) is 23.9 Å². The van der Waals surface area contributed by atoms with Crippen LogP contribution in [0.1, 0.15) is 11.6 Å². The first kappa shape index (κ1) is 9.55. The first-order valence-corrected chi connectivity index (χ1v) is 6.40. The van der Waals surface area contributed by atoms with E-state index in [1.54, 1.807) is 0 Å². The molecule has 2 aliphatic heterocycles. The fourth-order valence-corrected chi connectivity index (χ4v) is 3.24. The molecule has 0 saturated carbocycles. The maximum atomic E-state index is 5.98. The van der Waals surface area contributed by atoms with Crippen molar-refractivity contribution in [3.8, 4) is 0 Å². The van der Waals surface area contributed by atoms with Crippen LogP contribution in [-0.2, 0) is 0 Å². The second-order valence-electron chi connectivity index (χ2n) is 3.78. The van der Waals surface area contributed by atoms with Crippen molar-refractivity contribution in [3.05, 3.63) is 34.9 Å². The Balaban J connectivity index is 1.88. The lowest BCUT2D eigenvalue weighted by molar-refractivity contribution is 0.464. The molecule has 1 fully saturated rings. The number of halogens is 1. The summed E-state index contributed by atoms with van der Waals surface area (Å²) in [6.07, 6.45) is 0. The number of fused-ring (bicyclic) bond motifs is 1. The lowest BCUT2D eigenvalue weighted by atomic mass is 10.1. The standard InChI is InChI=1S/C11H11ClN2S/c12-9-3-1-2-8(6-9)10-7-14-4-5-15-11(14)13-10/h1-3,6,10H,4-5,7H2. The van der Waals surface area contributed by atoms with E-state index in [0.717, 1.165) is 18.1 Å². The van der Waals surface area contributed by atoms with Gasteiger partial charge < -0.3 is 4.90 Å². The van der Waals surface area contributed by atoms with Gasteiger partial charge in [-0.05, 0) is 17.7 Å². The van der Waals surface area contributed by atoms with Crippen LogP contribution in [0.15, 0.2) is 29.3 Å². The Labute approximate surface area is 98.3 Å². The van der Waals surface area contributed by atoms with E-state index >= 15 is 0 Å². The minimum atomic E-state index is 0.284. The number of thioether (sulfide) groups is 1. The Bertz CT molecular complexity index is 419. The molecule has 15 heavy (non-hydrogen) atoms. The van der Waals surface area contributed by atoms with E-state index in [1.807, 2.05) is 30.0 Å². The van der Waals surface area contributed by atoms with E-state index in [1.165, 1.54) is 16.5 Å². The van der Waals surface area contributed by atoms with Gasteiger partial charge >= 0.3 is 0 Å². The van der Waals surface area contributed by atoms with Gasteiger partial charge in [0.2, 0.25) is 0 Å². The lowest BCUT2D eigenvalue weighted by Crippen LogP contribution is -2.21. The number of rotatable bonds is 1. The Morgan fingerprint density at radius 1 is 1.47 bits per heavy atom. The van der Waals surface area contributed by atoms with Gasteiger partial charge in [-0.15, -0.1) is 0 Å². The molecule has 0 aromatic heterocycles. The van der Waals surface area contributed by atoms with Crippen molar-refractivity contribution >= 4 is 28.5 Å². The highest BCUT2D eigenvalue weighted by molar-refractivity contribution is 8.14. The molecular formula is C11H11ClN2S. The predicted octanol–water partition coefficient (Wildman–Crippen LogP) is 2.80. The molecule has 0 spiro atoms. The normalized spacial score (nSPS) is 24.2. The second-order valence-corrected chi connectivity index (χ2v) is 5.28. The highest BCUT2D eigenvalue weighted by Crippen LogP contribution is 2.32. The van der Waals surface area contributed by atoms with E-state index in [2.05, 4.69) is 11.0 Å². The summed E-state index contributed by atoms with van der Waals surface area (Å²) in [6.45, 7) is 2.16. The Morgan fingerprint density at radius 3 is 3.20 bits per heavy atom. The second kappa shape index (κ2) is 3.72. The largest absolute Gasteiger partial charge is 0.348 e. The maximum Gasteiger partial charge on any atom is 0.160 e. The molecule has 4 heteroatoms. The van der Waals surface area contributed by atoms with E-state index in [4.69, 9.17) is 16.6 Å². The smallest absolute Gasteiger partial charge is 0.160 e. The van der Waals surface area contributed by atoms with E-state index in [0.29, 0.717) is 0 Å². The average molecular weight is 239 g/mol. The molecule has 2 heterocycles. The molecule has 2 aliphatic rings. The number of hydrogen-bond acceptors (Lipinski definition) is 3. The van der Waals surface area contributed by atoms with Gasteiger partial charge in [0.25, 0.3) is 0 Å². The molecule has 0 radical (unpaired) electrons. The topological polar surface area (TPSA) is 15.6 Å². The highest BCUT2D eigenvalue weighted by atomic mass is 35.5. The third-order valence-electron chi connectivity index (χ3n) is 2.76. The zero-order valence-corrected chi connectivity index (χ0v) is 9.76. The van der Waals surface area contributed by atoms with Crippen molar-refractivity contribution in [2.24, 2.45) is 4.99 Å². The van der Waals surface area contributed by atoms with Crippen LogP contribution in [-0.4, -0.2) is 28.9 Å². The van der Waals surface area contributed by atoms with Crippen molar-refractivity contribution in [2.75, 3.05) is 18.8 Å². The van der Waals surface area contributed by atoms with Crippen LogP contribution < -0.4 is 0 Å². The van der Waals surface area contributed by atoms with Crippen molar-refractivity contribution in [2.45, 2.75) is 6.04 Å². The molecule has 1 aromatic rings. The fourth-order valence-electron chi connectivity index (χ4n) is 2.00. The van der Waals surface area contributed by atoms with Crippen LogP contribution in [0, 0.1) is 0 Å². The summed E-state index contributed by atoms with van der Waals surface area (Å²) in [5.41, 5.74) is 1.23. The molecule has 1 aromatic carbocycles. The van der Waals surface area contributed by atoms with Gasteiger partial charge in [-0.25, -0.2) is 0 Å². The van der Waals surface area contributed by atoms with Crippen molar-refractivity contribution in [1.82, 2.24) is 4.90 Å². The maximum absolute atomic E-state index is 5.98. The fraction of sp³-hybridized carbons (Fsp3) is 0.364. The van der Waals surface area contributed by atoms with Crippen LogP contribution in [0.5, 0.6) is 0 Å². The molecular weight excluding hydrogens is 228 g/mol. The first-order valence-electron chi connectivity index (χ1n) is 5.04. The minimum Gasteiger partial charge on any atom is -0.348 e. The quantitative estimate of drug-likeness (QED) is 0.748. The van der Waals surface area contributed by atoms with Gasteiger partial charge in [-0.2, -0.15) is 0 Å². The van der Waals surface area contributed by atoms with Gasteiger partial charge in [0.05, 0.1) is 6.04 Å². The Kier molecular flexibility index (Phi) is 2.37. The van der Waals surface area contributed by atoms with E-state index in [-0.39, 0.29) is 6.04 Å². The number of amidine groups is 1. The molecule has 3 rings (SSSR count). The average Bonchev–Trinajstić information content (AvgIpc) is 2.76. The zero-order valence-electron chi connectivity index (χ0n) is 8.19. The lowest BCUT2D eigenvalue weighted by Gasteiger charge is -2.12. The first-order chi connectivity index (χ1) is 7.33. The van der Waals surface area contributed by atoms with Crippen LogP contribution >= 0.6 is 23.4 Å². The summed E-state index contributed by atoms with van der Waals surface area (Å²) in [7, 11) is 0. The van der Waals surface area contributed by atoms with Gasteiger partial charge in [0.1, 0.15) is 0 Å². The van der Waals surface area contributed by atoms with Gasteiger partial charge in [-0.1, -0.05) is 35.5 Å². The van der Waals surface area contributed by atoms with Gasteiger partial charge in [-0.3, -0.25) is 4.99 Å². The van der Waals surface area contributed by atoms with E-state index in [9.17, 15) is 0 Å². The summed E-state index contributed by atoms with van der Waals surface area (Å²) >= 11 is 7.84. The van der Waals surface area contributed by atoms with Crippen molar-refractivity contribution in [1.29, 1.82) is 0 Å². The van der Waals surface area contributed by atoms with Crippen LogP contribution in [0.25, 0.3) is 0 Å². The number of benzene rings is 1. The summed E-state index contributed by atoms with van der Waals surface area (Å²) in [6, 6.07) is 8.31. The monoisotopic (exact) mass is 238 g/mol. The van der Waals surface area contributed by atoms with Crippen LogP contribution in [0.2, 0.25) is 5.02 Å². The number of nitrogens with zero attached hydrogens (tertiary/aromatic N) is 2. The summed E-state index contributed by atoms with van der Waals surface area (Å²) in [5.74, 6) is 1.18. The van der Waals surface area contributed by atoms with Crippen molar-refractivity contribution < 1.29 is 0 Å². The zero-order chi connectivity index (χ0) is 10.3. The molecule has 1 saturated heterocycles. The number of aliphatic imine (C=N–C) groups is 1. The molecule has 2 nitrogen and oxygen atoms in total. The Hall–Kier alpha value is -0.670. The third-order valence-corrected chi connectivity index (χ3v) is 4.00. The predicted molar refractivity (Wildman–Crippen MR) is 65.7 cm³/mol. The molecule has 0 N–H and O–H groups in total. The molecule has 0 amide bonds. The molecule has 1 unspecified atom stereocenters. The van der Waals surface area contributed by atoms with Crippen molar-refractivity contribution in [3.63, 3.8) is 0 Å². The van der Waals surface area contributed by atoms with Crippen LogP contribution in [0.3, 0.4) is 0 Å². The molecule has 0 bridgehead atoms. The SMILES string of the molecule is Clc1cccc(C2CN3CCSC3=N2)c1. The Morgan fingerprint density at radius 2 is 2.40 bits per heavy atom. The minimum absolute atomic E-state index is 0.284. The molecule has 78 valence electrons. The third kappa shape index (κ3) is 1.74. The molecule has 1 atom stereocenters. The highest BCUT2D eigenvalue weighted by Gasteiger charge is 2.29. The van der Waals surface area contributed by atoms with Gasteiger partial charge in [0.15, 0.2) is 5.17 Å².